The lowest BCUT2D eigenvalue weighted by atomic mass is 10.1. The van der Waals surface area contributed by atoms with Gasteiger partial charge < -0.3 is 4.90 Å². The Balaban J connectivity index is 4.76. The van der Waals surface area contributed by atoms with Crippen LogP contribution in [0.3, 0.4) is 0 Å². The molecule has 0 aliphatic heterocycles. The fourth-order valence-electron chi connectivity index (χ4n) is 1.49. The highest BCUT2D eigenvalue weighted by Gasteiger charge is 2.18. The maximum absolute atomic E-state index is 11.7. The Bertz CT molecular complexity index is 268. The van der Waals surface area contributed by atoms with Crippen molar-refractivity contribution in [3.8, 4) is 0 Å². The van der Waals surface area contributed by atoms with E-state index >= 15 is 0 Å². The number of amides is 1. The highest BCUT2D eigenvalue weighted by molar-refractivity contribution is 5.87. The van der Waals surface area contributed by atoms with E-state index in [2.05, 4.69) is 19.7 Å². The molecular formula is C14H21NO. The van der Waals surface area contributed by atoms with Gasteiger partial charge in [0.2, 0.25) is 5.91 Å². The van der Waals surface area contributed by atoms with E-state index in [0.717, 1.165) is 12.8 Å². The molecule has 0 aliphatic rings. The predicted molar refractivity (Wildman–Crippen MR) is 70.1 cm³/mol. The number of carbonyl (C=O) groups is 1. The average molecular weight is 219 g/mol. The molecule has 0 N–H and O–H groups in total. The Morgan fingerprint density at radius 3 is 2.19 bits per heavy atom. The van der Waals surface area contributed by atoms with Gasteiger partial charge in [0.15, 0.2) is 0 Å². The van der Waals surface area contributed by atoms with Gasteiger partial charge >= 0.3 is 0 Å². The first kappa shape index (κ1) is 14.4. The van der Waals surface area contributed by atoms with Crippen LogP contribution in [0, 0.1) is 0 Å². The van der Waals surface area contributed by atoms with Gasteiger partial charge in [0.1, 0.15) is 0 Å². The molecule has 0 aromatic heterocycles. The quantitative estimate of drug-likeness (QED) is 0.454. The number of allylic oxidation sites excluding steroid dienone is 1. The molecule has 0 spiro atoms. The third-order valence-corrected chi connectivity index (χ3v) is 2.31. The maximum atomic E-state index is 11.7. The molecule has 0 rings (SSSR count). The fraction of sp³-hybridized carbons (Fsp3) is 0.357. The number of hydrogen-bond acceptors (Lipinski definition) is 1. The van der Waals surface area contributed by atoms with Gasteiger partial charge in [0.05, 0.1) is 0 Å². The number of rotatable bonds is 8. The molecule has 0 aromatic rings. The summed E-state index contributed by atoms with van der Waals surface area (Å²) in [5, 5.41) is 0. The molecule has 0 bridgehead atoms. The van der Waals surface area contributed by atoms with Crippen LogP contribution in [0.5, 0.6) is 0 Å². The SMILES string of the molecule is C=CCC(CC=C)N(C/C=C/C)C(=O)C=C. The number of nitrogens with zero attached hydrogens (tertiary/aromatic N) is 1. The highest BCUT2D eigenvalue weighted by Crippen LogP contribution is 2.11. The Kier molecular flexibility index (Phi) is 7.86. The Labute approximate surface area is 98.6 Å². The zero-order chi connectivity index (χ0) is 12.4. The van der Waals surface area contributed by atoms with Crippen LogP contribution in [0.1, 0.15) is 19.8 Å². The lowest BCUT2D eigenvalue weighted by Gasteiger charge is -2.28. The molecule has 0 aromatic carbocycles. The minimum Gasteiger partial charge on any atom is -0.332 e. The predicted octanol–water partition coefficient (Wildman–Crippen LogP) is 3.10. The summed E-state index contributed by atoms with van der Waals surface area (Å²) in [6, 6.07) is 0.122. The molecule has 2 heteroatoms. The van der Waals surface area contributed by atoms with E-state index in [1.165, 1.54) is 6.08 Å². The van der Waals surface area contributed by atoms with Crippen LogP contribution in [-0.2, 0) is 4.79 Å². The fourth-order valence-corrected chi connectivity index (χ4v) is 1.49. The van der Waals surface area contributed by atoms with Crippen LogP contribution in [0.25, 0.3) is 0 Å². The molecule has 1 amide bonds. The van der Waals surface area contributed by atoms with E-state index in [0.29, 0.717) is 6.54 Å². The van der Waals surface area contributed by atoms with Gasteiger partial charge in [-0.15, -0.1) is 13.2 Å². The molecule has 0 saturated carbocycles. The molecule has 0 heterocycles. The Morgan fingerprint density at radius 2 is 1.81 bits per heavy atom. The smallest absolute Gasteiger partial charge is 0.246 e. The van der Waals surface area contributed by atoms with Gasteiger partial charge in [-0.3, -0.25) is 4.79 Å². The van der Waals surface area contributed by atoms with Gasteiger partial charge in [0, 0.05) is 12.6 Å². The van der Waals surface area contributed by atoms with Crippen LogP contribution in [0.4, 0.5) is 0 Å². The lowest BCUT2D eigenvalue weighted by molar-refractivity contribution is -0.127. The number of hydrogen-bond donors (Lipinski definition) is 0. The second kappa shape index (κ2) is 8.72. The zero-order valence-corrected chi connectivity index (χ0v) is 10.1. The van der Waals surface area contributed by atoms with Gasteiger partial charge in [-0.1, -0.05) is 30.9 Å². The molecule has 16 heavy (non-hydrogen) atoms. The van der Waals surface area contributed by atoms with Crippen LogP contribution < -0.4 is 0 Å². The van der Waals surface area contributed by atoms with Crippen molar-refractivity contribution in [3.05, 3.63) is 50.1 Å². The summed E-state index contributed by atoms with van der Waals surface area (Å²) in [6.07, 6.45) is 10.4. The van der Waals surface area contributed by atoms with Crippen LogP contribution >= 0.6 is 0 Å². The third-order valence-electron chi connectivity index (χ3n) is 2.31. The van der Waals surface area contributed by atoms with E-state index in [1.54, 1.807) is 4.90 Å². The maximum Gasteiger partial charge on any atom is 0.246 e. The van der Waals surface area contributed by atoms with Crippen molar-refractivity contribution < 1.29 is 4.79 Å². The van der Waals surface area contributed by atoms with Crippen LogP contribution in [0.2, 0.25) is 0 Å². The van der Waals surface area contributed by atoms with Crippen molar-refractivity contribution in [2.45, 2.75) is 25.8 Å². The third kappa shape index (κ3) is 4.78. The van der Waals surface area contributed by atoms with Gasteiger partial charge in [-0.2, -0.15) is 0 Å². The Hall–Kier alpha value is -1.57. The summed E-state index contributed by atoms with van der Waals surface area (Å²) in [4.78, 5) is 13.5. The zero-order valence-electron chi connectivity index (χ0n) is 10.1. The van der Waals surface area contributed by atoms with Gasteiger partial charge in [0.25, 0.3) is 0 Å². The van der Waals surface area contributed by atoms with Crippen molar-refractivity contribution in [1.82, 2.24) is 4.90 Å². The average Bonchev–Trinajstić information content (AvgIpc) is 2.29. The summed E-state index contributed by atoms with van der Waals surface area (Å²) < 4.78 is 0. The van der Waals surface area contributed by atoms with E-state index in [9.17, 15) is 4.79 Å². The van der Waals surface area contributed by atoms with E-state index < -0.39 is 0 Å². The molecule has 2 nitrogen and oxygen atoms in total. The van der Waals surface area contributed by atoms with Crippen molar-refractivity contribution in [2.75, 3.05) is 6.54 Å². The second-order valence-corrected chi connectivity index (χ2v) is 3.47. The number of carbonyl (C=O) groups excluding carboxylic acids is 1. The van der Waals surface area contributed by atoms with E-state index in [1.807, 2.05) is 31.2 Å². The van der Waals surface area contributed by atoms with Crippen LogP contribution in [-0.4, -0.2) is 23.4 Å². The molecule has 0 fully saturated rings. The monoisotopic (exact) mass is 219 g/mol. The van der Waals surface area contributed by atoms with Crippen molar-refractivity contribution >= 4 is 5.91 Å². The first-order valence-electron chi connectivity index (χ1n) is 5.47. The van der Waals surface area contributed by atoms with Crippen LogP contribution in [0.15, 0.2) is 50.1 Å². The minimum absolute atomic E-state index is 0.0493. The minimum atomic E-state index is -0.0493. The summed E-state index contributed by atoms with van der Waals surface area (Å²) in [5.74, 6) is -0.0493. The molecule has 0 aliphatic carbocycles. The topological polar surface area (TPSA) is 20.3 Å². The highest BCUT2D eigenvalue weighted by atomic mass is 16.2. The first-order chi connectivity index (χ1) is 7.71. The lowest BCUT2D eigenvalue weighted by Crippen LogP contribution is -2.39. The largest absolute Gasteiger partial charge is 0.332 e. The first-order valence-corrected chi connectivity index (χ1v) is 5.47. The van der Waals surface area contributed by atoms with E-state index in [4.69, 9.17) is 0 Å². The van der Waals surface area contributed by atoms with Gasteiger partial charge in [-0.25, -0.2) is 0 Å². The molecule has 0 atom stereocenters. The molecule has 0 saturated heterocycles. The van der Waals surface area contributed by atoms with Gasteiger partial charge in [-0.05, 0) is 25.8 Å². The normalized spacial score (nSPS) is 10.4. The summed E-state index contributed by atoms with van der Waals surface area (Å²) >= 11 is 0. The second-order valence-electron chi connectivity index (χ2n) is 3.47. The van der Waals surface area contributed by atoms with Crippen molar-refractivity contribution in [3.63, 3.8) is 0 Å². The standard InChI is InChI=1S/C14H21NO/c1-5-9-12-15(14(16)8-4)13(10-6-2)11-7-3/h5-9,13H,2-4,10-12H2,1H3/b9-5+. The Morgan fingerprint density at radius 1 is 1.25 bits per heavy atom. The summed E-state index contributed by atoms with van der Waals surface area (Å²) in [7, 11) is 0. The van der Waals surface area contributed by atoms with Crippen molar-refractivity contribution in [2.24, 2.45) is 0 Å². The molecule has 0 radical (unpaired) electrons. The van der Waals surface area contributed by atoms with E-state index in [-0.39, 0.29) is 11.9 Å². The van der Waals surface area contributed by atoms with Crippen molar-refractivity contribution in [1.29, 1.82) is 0 Å². The molecule has 88 valence electrons. The molecule has 0 unspecified atom stereocenters. The summed E-state index contributed by atoms with van der Waals surface area (Å²) in [5.41, 5.74) is 0. The molecular weight excluding hydrogens is 198 g/mol. The summed E-state index contributed by atoms with van der Waals surface area (Å²) in [6.45, 7) is 13.5.